The zero-order valence-electron chi connectivity index (χ0n) is 9.62. The molecular formula is C14H10F3N. The number of pyridine rings is 1. The molecule has 4 heteroatoms. The molecule has 92 valence electrons. The van der Waals surface area contributed by atoms with Gasteiger partial charge in [-0.1, -0.05) is 6.07 Å². The molecule has 18 heavy (non-hydrogen) atoms. The number of benzene rings is 1. The first-order valence-corrected chi connectivity index (χ1v) is 5.32. The summed E-state index contributed by atoms with van der Waals surface area (Å²) in [5, 5.41) is 0. The molecule has 1 aromatic heterocycles. The third kappa shape index (κ3) is 2.77. The van der Waals surface area contributed by atoms with Gasteiger partial charge in [0.05, 0.1) is 5.69 Å². The van der Waals surface area contributed by atoms with Gasteiger partial charge in [0.1, 0.15) is 5.82 Å². The van der Waals surface area contributed by atoms with E-state index >= 15 is 0 Å². The van der Waals surface area contributed by atoms with Crippen LogP contribution in [-0.2, 0) is 0 Å². The Kier molecular flexibility index (Phi) is 3.46. The minimum atomic E-state index is -1.20. The van der Waals surface area contributed by atoms with Gasteiger partial charge >= 0.3 is 0 Å². The number of hydrogen-bond acceptors (Lipinski definition) is 1. The van der Waals surface area contributed by atoms with E-state index in [1.165, 1.54) is 6.08 Å². The molecule has 0 amide bonds. The summed E-state index contributed by atoms with van der Waals surface area (Å²) in [4.78, 5) is 4.18. The number of nitrogens with zero attached hydrogens (tertiary/aromatic N) is 1. The lowest BCUT2D eigenvalue weighted by molar-refractivity contribution is 0.494. The molecule has 2 rings (SSSR count). The van der Waals surface area contributed by atoms with Crippen LogP contribution in [0.2, 0.25) is 0 Å². The minimum Gasteiger partial charge on any atom is -0.254 e. The van der Waals surface area contributed by atoms with E-state index in [0.717, 1.165) is 11.8 Å². The summed E-state index contributed by atoms with van der Waals surface area (Å²) >= 11 is 0. The highest BCUT2D eigenvalue weighted by molar-refractivity contribution is 5.68. The molecule has 0 saturated heterocycles. The lowest BCUT2D eigenvalue weighted by Crippen LogP contribution is -1.90. The van der Waals surface area contributed by atoms with Gasteiger partial charge in [0.25, 0.3) is 0 Å². The first-order chi connectivity index (χ1) is 8.56. The topological polar surface area (TPSA) is 12.9 Å². The van der Waals surface area contributed by atoms with Crippen LogP contribution in [0.5, 0.6) is 0 Å². The van der Waals surface area contributed by atoms with Gasteiger partial charge in [-0.2, -0.15) is 0 Å². The molecule has 1 aromatic carbocycles. The van der Waals surface area contributed by atoms with Crippen molar-refractivity contribution >= 4 is 12.2 Å². The Bertz CT molecular complexity index is 606. The molecular weight excluding hydrogens is 239 g/mol. The van der Waals surface area contributed by atoms with Crippen LogP contribution in [0.15, 0.2) is 30.3 Å². The van der Waals surface area contributed by atoms with Crippen LogP contribution in [0.1, 0.15) is 17.0 Å². The highest BCUT2D eigenvalue weighted by Crippen LogP contribution is 2.16. The summed E-state index contributed by atoms with van der Waals surface area (Å²) in [7, 11) is 0. The zero-order valence-corrected chi connectivity index (χ0v) is 9.62. The molecule has 2 aromatic rings. The van der Waals surface area contributed by atoms with E-state index in [4.69, 9.17) is 0 Å². The van der Waals surface area contributed by atoms with Crippen LogP contribution in [0, 0.1) is 24.4 Å². The number of aryl methyl sites for hydroxylation is 1. The molecule has 0 aliphatic heterocycles. The van der Waals surface area contributed by atoms with E-state index in [2.05, 4.69) is 4.98 Å². The Morgan fingerprint density at radius 3 is 2.39 bits per heavy atom. The van der Waals surface area contributed by atoms with Crippen molar-refractivity contribution in [2.24, 2.45) is 0 Å². The fourth-order valence-corrected chi connectivity index (χ4v) is 1.50. The summed E-state index contributed by atoms with van der Waals surface area (Å²) < 4.78 is 39.0. The minimum absolute atomic E-state index is 0.0165. The lowest BCUT2D eigenvalue weighted by atomic mass is 10.1. The fraction of sp³-hybridized carbons (Fsp3) is 0.0714. The van der Waals surface area contributed by atoms with E-state index in [9.17, 15) is 13.2 Å². The first kappa shape index (κ1) is 12.4. The zero-order chi connectivity index (χ0) is 13.1. The standard InChI is InChI=1S/C14H10F3N/c1-9-3-2-4-11(18-9)6-5-10-7-13(16)14(17)8-12(10)15/h2-8H,1H3/b6-5+. The van der Waals surface area contributed by atoms with Crippen molar-refractivity contribution in [2.75, 3.05) is 0 Å². The maximum absolute atomic E-state index is 13.3. The van der Waals surface area contributed by atoms with Crippen molar-refractivity contribution in [2.45, 2.75) is 6.92 Å². The van der Waals surface area contributed by atoms with E-state index in [-0.39, 0.29) is 5.56 Å². The van der Waals surface area contributed by atoms with Gasteiger partial charge in [-0.3, -0.25) is 4.98 Å². The number of aromatic nitrogens is 1. The molecule has 0 aliphatic carbocycles. The van der Waals surface area contributed by atoms with Gasteiger partial charge in [-0.15, -0.1) is 0 Å². The highest BCUT2D eigenvalue weighted by Gasteiger charge is 2.07. The predicted molar refractivity (Wildman–Crippen MR) is 64.2 cm³/mol. The normalized spacial score (nSPS) is 11.1. The Hall–Kier alpha value is -2.10. The van der Waals surface area contributed by atoms with Gasteiger partial charge in [0.15, 0.2) is 11.6 Å². The summed E-state index contributed by atoms with van der Waals surface area (Å²) in [6.07, 6.45) is 2.91. The Labute approximate surface area is 103 Å². The average Bonchev–Trinajstić information content (AvgIpc) is 2.32. The first-order valence-electron chi connectivity index (χ1n) is 5.32. The molecule has 0 spiro atoms. The Morgan fingerprint density at radius 2 is 1.67 bits per heavy atom. The molecule has 0 unspecified atom stereocenters. The van der Waals surface area contributed by atoms with Crippen molar-refractivity contribution in [3.05, 3.63) is 64.7 Å². The van der Waals surface area contributed by atoms with Crippen LogP contribution < -0.4 is 0 Å². The summed E-state index contributed by atoms with van der Waals surface area (Å²) in [5.74, 6) is -3.08. The lowest BCUT2D eigenvalue weighted by Gasteiger charge is -1.99. The van der Waals surface area contributed by atoms with Crippen molar-refractivity contribution in [3.63, 3.8) is 0 Å². The Balaban J connectivity index is 2.32. The number of rotatable bonds is 2. The van der Waals surface area contributed by atoms with E-state index in [0.29, 0.717) is 11.8 Å². The summed E-state index contributed by atoms with van der Waals surface area (Å²) in [6.45, 7) is 1.83. The van der Waals surface area contributed by atoms with Gasteiger partial charge in [-0.05, 0) is 37.3 Å². The maximum Gasteiger partial charge on any atom is 0.161 e. The molecule has 0 atom stereocenters. The Morgan fingerprint density at radius 1 is 0.944 bits per heavy atom. The van der Waals surface area contributed by atoms with Crippen LogP contribution >= 0.6 is 0 Å². The highest BCUT2D eigenvalue weighted by atomic mass is 19.2. The summed E-state index contributed by atoms with van der Waals surface area (Å²) in [5.41, 5.74) is 1.43. The molecule has 0 radical (unpaired) electrons. The molecule has 0 bridgehead atoms. The van der Waals surface area contributed by atoms with Crippen LogP contribution in [0.4, 0.5) is 13.2 Å². The fourth-order valence-electron chi connectivity index (χ4n) is 1.50. The molecule has 0 fully saturated rings. The van der Waals surface area contributed by atoms with Crippen molar-refractivity contribution in [1.29, 1.82) is 0 Å². The van der Waals surface area contributed by atoms with Crippen molar-refractivity contribution < 1.29 is 13.2 Å². The smallest absolute Gasteiger partial charge is 0.161 e. The molecule has 0 aliphatic rings. The maximum atomic E-state index is 13.3. The van der Waals surface area contributed by atoms with E-state index < -0.39 is 17.5 Å². The number of hydrogen-bond donors (Lipinski definition) is 0. The van der Waals surface area contributed by atoms with Crippen molar-refractivity contribution in [3.8, 4) is 0 Å². The second-order valence-electron chi connectivity index (χ2n) is 3.82. The third-order valence-corrected chi connectivity index (χ3v) is 2.38. The third-order valence-electron chi connectivity index (χ3n) is 2.38. The van der Waals surface area contributed by atoms with Gasteiger partial charge in [-0.25, -0.2) is 13.2 Å². The van der Waals surface area contributed by atoms with Crippen molar-refractivity contribution in [1.82, 2.24) is 4.98 Å². The predicted octanol–water partition coefficient (Wildman–Crippen LogP) is 3.98. The SMILES string of the molecule is Cc1cccc(/C=C/c2cc(F)c(F)cc2F)n1. The van der Waals surface area contributed by atoms with Gasteiger partial charge in [0, 0.05) is 17.3 Å². The van der Waals surface area contributed by atoms with E-state index in [1.54, 1.807) is 12.1 Å². The van der Waals surface area contributed by atoms with Gasteiger partial charge in [0.2, 0.25) is 0 Å². The average molecular weight is 249 g/mol. The molecule has 0 saturated carbocycles. The van der Waals surface area contributed by atoms with E-state index in [1.807, 2.05) is 19.1 Å². The molecule has 1 heterocycles. The second kappa shape index (κ2) is 5.04. The van der Waals surface area contributed by atoms with Gasteiger partial charge < -0.3 is 0 Å². The monoisotopic (exact) mass is 249 g/mol. The summed E-state index contributed by atoms with van der Waals surface area (Å²) in [6, 6.07) is 6.72. The quantitative estimate of drug-likeness (QED) is 0.734. The second-order valence-corrected chi connectivity index (χ2v) is 3.82. The van der Waals surface area contributed by atoms with Crippen LogP contribution in [0.3, 0.4) is 0 Å². The molecule has 0 N–H and O–H groups in total. The van der Waals surface area contributed by atoms with Crippen LogP contribution in [-0.4, -0.2) is 4.98 Å². The van der Waals surface area contributed by atoms with Crippen LogP contribution in [0.25, 0.3) is 12.2 Å². The number of halogens is 3. The molecule has 1 nitrogen and oxygen atoms in total. The largest absolute Gasteiger partial charge is 0.254 e.